The number of hydrogen-bond acceptors (Lipinski definition) is 5. The van der Waals surface area contributed by atoms with E-state index in [2.05, 4.69) is 10.6 Å². The van der Waals surface area contributed by atoms with Crippen LogP contribution in [0.2, 0.25) is 0 Å². The van der Waals surface area contributed by atoms with Crippen molar-refractivity contribution in [2.75, 3.05) is 6.54 Å². The van der Waals surface area contributed by atoms with E-state index >= 15 is 0 Å². The summed E-state index contributed by atoms with van der Waals surface area (Å²) < 4.78 is 5.72. The van der Waals surface area contributed by atoms with E-state index in [0.29, 0.717) is 25.3 Å². The minimum atomic E-state index is -0.528. The molecular weight excluding hydrogens is 422 g/mol. The molecule has 2 amide bonds. The molecule has 33 heavy (non-hydrogen) atoms. The molecule has 2 N–H and O–H groups in total. The summed E-state index contributed by atoms with van der Waals surface area (Å²) in [5, 5.41) is 16.1. The molecule has 3 aromatic carbocycles. The second-order valence-corrected chi connectivity index (χ2v) is 7.38. The zero-order valence-corrected chi connectivity index (χ0v) is 18.0. The van der Waals surface area contributed by atoms with Gasteiger partial charge in [-0.25, -0.2) is 0 Å². The van der Waals surface area contributed by atoms with E-state index in [1.54, 1.807) is 0 Å². The Hall–Kier alpha value is -4.04. The highest BCUT2D eigenvalue weighted by Crippen LogP contribution is 2.12. The Kier molecular flexibility index (Phi) is 8.67. The van der Waals surface area contributed by atoms with Gasteiger partial charge in [0.25, 0.3) is 11.6 Å². The van der Waals surface area contributed by atoms with Gasteiger partial charge in [-0.2, -0.15) is 0 Å². The third-order valence-corrected chi connectivity index (χ3v) is 4.87. The van der Waals surface area contributed by atoms with Crippen LogP contribution in [0.25, 0.3) is 0 Å². The van der Waals surface area contributed by atoms with Crippen LogP contribution in [0, 0.1) is 10.1 Å². The van der Waals surface area contributed by atoms with Gasteiger partial charge >= 0.3 is 0 Å². The van der Waals surface area contributed by atoms with Crippen molar-refractivity contribution < 1.29 is 19.2 Å². The van der Waals surface area contributed by atoms with Crippen molar-refractivity contribution in [2.45, 2.75) is 26.2 Å². The molecule has 3 rings (SSSR count). The number of carbonyl (C=O) groups is 2. The van der Waals surface area contributed by atoms with Gasteiger partial charge in [-0.1, -0.05) is 54.6 Å². The van der Waals surface area contributed by atoms with E-state index in [0.717, 1.165) is 16.7 Å². The Balaban J connectivity index is 1.33. The van der Waals surface area contributed by atoms with E-state index in [-0.39, 0.29) is 30.5 Å². The third kappa shape index (κ3) is 7.86. The van der Waals surface area contributed by atoms with Gasteiger partial charge in [0.2, 0.25) is 5.91 Å². The highest BCUT2D eigenvalue weighted by atomic mass is 16.6. The van der Waals surface area contributed by atoms with E-state index in [9.17, 15) is 19.7 Å². The van der Waals surface area contributed by atoms with Gasteiger partial charge in [-0.05, 0) is 28.8 Å². The molecule has 0 atom stereocenters. The van der Waals surface area contributed by atoms with Gasteiger partial charge in [0.05, 0.1) is 18.1 Å². The second kappa shape index (κ2) is 12.1. The summed E-state index contributed by atoms with van der Waals surface area (Å²) in [6.07, 6.45) is 0.129. The molecule has 0 saturated carbocycles. The normalized spacial score (nSPS) is 10.4. The monoisotopic (exact) mass is 447 g/mol. The van der Waals surface area contributed by atoms with Crippen LogP contribution in [0.15, 0.2) is 78.9 Å². The Morgan fingerprint density at radius 2 is 1.39 bits per heavy atom. The Labute approximate surface area is 191 Å². The molecule has 8 heteroatoms. The first kappa shape index (κ1) is 23.6. The lowest BCUT2D eigenvalue weighted by atomic mass is 10.1. The second-order valence-electron chi connectivity index (χ2n) is 7.38. The lowest BCUT2D eigenvalue weighted by Crippen LogP contribution is -2.30. The molecule has 0 saturated heterocycles. The fourth-order valence-electron chi connectivity index (χ4n) is 3.03. The SMILES string of the molecule is O=C(CCNC(=O)c1ccc([N+](=O)[O-])cc1)NCc1ccc(COCc2ccccc2)cc1. The standard InChI is InChI=1S/C25H25N3O5/c29-24(14-15-26-25(30)22-10-12-23(13-11-22)28(31)32)27-16-19-6-8-21(9-7-19)18-33-17-20-4-2-1-3-5-20/h1-13H,14-18H2,(H,26,30)(H,27,29). The van der Waals surface area contributed by atoms with Crippen LogP contribution < -0.4 is 10.6 Å². The fraction of sp³-hybridized carbons (Fsp3) is 0.200. The first-order valence-corrected chi connectivity index (χ1v) is 10.5. The van der Waals surface area contributed by atoms with E-state index in [4.69, 9.17) is 4.74 Å². The number of nitro groups is 1. The molecular formula is C25H25N3O5. The highest BCUT2D eigenvalue weighted by molar-refractivity contribution is 5.94. The average molecular weight is 447 g/mol. The zero-order chi connectivity index (χ0) is 23.5. The molecule has 8 nitrogen and oxygen atoms in total. The molecule has 0 bridgehead atoms. The molecule has 0 aliphatic carbocycles. The maximum atomic E-state index is 12.1. The van der Waals surface area contributed by atoms with E-state index in [1.165, 1.54) is 24.3 Å². The number of non-ortho nitro benzene ring substituents is 1. The number of nitrogens with one attached hydrogen (secondary N) is 2. The number of nitrogens with zero attached hydrogens (tertiary/aromatic N) is 1. The predicted octanol–water partition coefficient (Wildman–Crippen LogP) is 3.75. The smallest absolute Gasteiger partial charge is 0.269 e. The highest BCUT2D eigenvalue weighted by Gasteiger charge is 2.10. The van der Waals surface area contributed by atoms with Crippen LogP contribution in [0.3, 0.4) is 0 Å². The number of ether oxygens (including phenoxy) is 1. The minimum Gasteiger partial charge on any atom is -0.372 e. The Morgan fingerprint density at radius 3 is 2.03 bits per heavy atom. The molecule has 0 spiro atoms. The number of rotatable bonds is 11. The van der Waals surface area contributed by atoms with Gasteiger partial charge in [-0.15, -0.1) is 0 Å². The zero-order valence-electron chi connectivity index (χ0n) is 18.0. The van der Waals surface area contributed by atoms with Crippen molar-refractivity contribution >= 4 is 17.5 Å². The quantitative estimate of drug-likeness (QED) is 0.344. The van der Waals surface area contributed by atoms with Crippen molar-refractivity contribution in [3.63, 3.8) is 0 Å². The fourth-order valence-corrected chi connectivity index (χ4v) is 3.03. The van der Waals surface area contributed by atoms with Crippen molar-refractivity contribution in [1.29, 1.82) is 0 Å². The molecule has 0 aliphatic heterocycles. The first-order valence-electron chi connectivity index (χ1n) is 10.5. The maximum absolute atomic E-state index is 12.1. The van der Waals surface area contributed by atoms with Crippen LogP contribution in [0.1, 0.15) is 33.5 Å². The largest absolute Gasteiger partial charge is 0.372 e. The Morgan fingerprint density at radius 1 is 0.788 bits per heavy atom. The Bertz CT molecular complexity index is 1070. The van der Waals surface area contributed by atoms with Crippen molar-refractivity contribution in [3.8, 4) is 0 Å². The summed E-state index contributed by atoms with van der Waals surface area (Å²) in [6.45, 7) is 1.62. The summed E-state index contributed by atoms with van der Waals surface area (Å²) in [5.74, 6) is -0.572. The lowest BCUT2D eigenvalue weighted by molar-refractivity contribution is -0.384. The van der Waals surface area contributed by atoms with Gasteiger partial charge in [0, 0.05) is 37.2 Å². The van der Waals surface area contributed by atoms with E-state index in [1.807, 2.05) is 54.6 Å². The number of hydrogen-bond donors (Lipinski definition) is 2. The van der Waals surface area contributed by atoms with Crippen LogP contribution >= 0.6 is 0 Å². The van der Waals surface area contributed by atoms with Crippen molar-refractivity contribution in [3.05, 3.63) is 111 Å². The van der Waals surface area contributed by atoms with Crippen molar-refractivity contribution in [2.24, 2.45) is 0 Å². The van der Waals surface area contributed by atoms with E-state index < -0.39 is 4.92 Å². The predicted molar refractivity (Wildman–Crippen MR) is 123 cm³/mol. The summed E-state index contributed by atoms with van der Waals surface area (Å²) in [7, 11) is 0. The average Bonchev–Trinajstić information content (AvgIpc) is 2.84. The molecule has 0 unspecified atom stereocenters. The molecule has 0 aliphatic rings. The topological polar surface area (TPSA) is 111 Å². The van der Waals surface area contributed by atoms with Crippen molar-refractivity contribution in [1.82, 2.24) is 10.6 Å². The molecule has 3 aromatic rings. The summed E-state index contributed by atoms with van der Waals surface area (Å²) in [5.41, 5.74) is 3.35. The summed E-state index contributed by atoms with van der Waals surface area (Å²) in [4.78, 5) is 34.2. The van der Waals surface area contributed by atoms with Crippen LogP contribution in [0.5, 0.6) is 0 Å². The number of amides is 2. The van der Waals surface area contributed by atoms with Crippen LogP contribution in [-0.4, -0.2) is 23.3 Å². The molecule has 0 aromatic heterocycles. The third-order valence-electron chi connectivity index (χ3n) is 4.87. The summed E-state index contributed by atoms with van der Waals surface area (Å²) in [6, 6.07) is 23.1. The summed E-state index contributed by atoms with van der Waals surface area (Å²) >= 11 is 0. The molecule has 0 heterocycles. The van der Waals surface area contributed by atoms with Crippen LogP contribution in [-0.2, 0) is 29.3 Å². The number of benzene rings is 3. The number of carbonyl (C=O) groups excluding carboxylic acids is 2. The number of nitro benzene ring substituents is 1. The van der Waals surface area contributed by atoms with Crippen LogP contribution in [0.4, 0.5) is 5.69 Å². The lowest BCUT2D eigenvalue weighted by Gasteiger charge is -2.08. The first-order chi connectivity index (χ1) is 16.0. The molecule has 170 valence electrons. The van der Waals surface area contributed by atoms with Gasteiger partial charge in [-0.3, -0.25) is 19.7 Å². The van der Waals surface area contributed by atoms with Gasteiger partial charge < -0.3 is 15.4 Å². The maximum Gasteiger partial charge on any atom is 0.269 e. The van der Waals surface area contributed by atoms with Gasteiger partial charge in [0.15, 0.2) is 0 Å². The molecule has 0 fully saturated rings. The minimum absolute atomic E-state index is 0.0846. The molecule has 0 radical (unpaired) electrons. The van der Waals surface area contributed by atoms with Gasteiger partial charge in [0.1, 0.15) is 0 Å².